The molecular formula is C28H83LiN3O2P3Si7. The molecule has 0 radical (unpaired) electrons. The minimum absolute atomic E-state index is 0. The van der Waals surface area contributed by atoms with Crippen LogP contribution in [0.2, 0.25) is 129 Å². The summed E-state index contributed by atoms with van der Waals surface area (Å²) in [7, 11) is 1.20. The monoisotopic (exact) mass is 789 g/mol. The fraction of sp³-hybridized carbons (Fsp3) is 1.00. The maximum absolute atomic E-state index is 5.60. The molecular weight excluding hydrogens is 707 g/mol. The molecule has 0 fully saturated rings. The second kappa shape index (κ2) is 24.4. The van der Waals surface area contributed by atoms with Crippen molar-refractivity contribution in [3.8, 4) is 0 Å². The summed E-state index contributed by atoms with van der Waals surface area (Å²) in [6.07, 6.45) is 3.79. The summed E-state index contributed by atoms with van der Waals surface area (Å²) in [5, 5.41) is 0. The van der Waals surface area contributed by atoms with Crippen LogP contribution in [0.1, 0.15) is 19.3 Å². The topological polar surface area (TPSA) is 51.0 Å². The molecule has 0 bridgehead atoms. The maximum atomic E-state index is 5.60. The molecule has 4 atom stereocenters. The smallest absolute Gasteiger partial charge is 0.577 e. The van der Waals surface area contributed by atoms with Crippen molar-refractivity contribution in [3.05, 3.63) is 0 Å². The van der Waals surface area contributed by atoms with Gasteiger partial charge < -0.3 is 32.9 Å². The molecule has 16 heteroatoms. The molecule has 0 aromatic rings. The van der Waals surface area contributed by atoms with Crippen molar-refractivity contribution in [1.82, 2.24) is 8.46 Å². The summed E-state index contributed by atoms with van der Waals surface area (Å²) in [6, 6.07) is 3.88. The summed E-state index contributed by atoms with van der Waals surface area (Å²) in [4.78, 5) is 0. The third-order valence-corrected chi connectivity index (χ3v) is 32.4. The Hall–Kier alpha value is 3.21. The van der Waals surface area contributed by atoms with Gasteiger partial charge in [0.15, 0.2) is 0 Å². The van der Waals surface area contributed by atoms with E-state index in [2.05, 4.69) is 137 Å². The molecule has 266 valence electrons. The Bertz CT molecular complexity index is 685. The molecule has 0 spiro atoms. The number of nitrogens with two attached hydrogens (primary N) is 1. The Morgan fingerprint density at radius 3 is 0.955 bits per heavy atom. The van der Waals surface area contributed by atoms with E-state index in [4.69, 9.17) is 14.6 Å². The molecule has 0 aliphatic rings. The van der Waals surface area contributed by atoms with Gasteiger partial charge >= 0.3 is 18.9 Å². The van der Waals surface area contributed by atoms with Crippen molar-refractivity contribution < 1.29 is 27.7 Å². The van der Waals surface area contributed by atoms with Gasteiger partial charge in [0.2, 0.25) is 16.0 Å². The Morgan fingerprint density at radius 2 is 0.750 bits per heavy atom. The van der Waals surface area contributed by atoms with Crippen LogP contribution >= 0.6 is 27.5 Å². The van der Waals surface area contributed by atoms with Crippen LogP contribution in [0.25, 0.3) is 0 Å². The van der Waals surface area contributed by atoms with E-state index in [0.29, 0.717) is 0 Å². The van der Waals surface area contributed by atoms with E-state index >= 15 is 0 Å². The molecule has 0 aromatic heterocycles. The predicted molar refractivity (Wildman–Crippen MR) is 234 cm³/mol. The zero-order chi connectivity index (χ0) is 34.4. The van der Waals surface area contributed by atoms with Crippen molar-refractivity contribution in [3.63, 3.8) is 0 Å². The van der Waals surface area contributed by atoms with Gasteiger partial charge in [-0.3, -0.25) is 0 Å². The van der Waals surface area contributed by atoms with Crippen molar-refractivity contribution in [2.75, 3.05) is 33.9 Å². The van der Waals surface area contributed by atoms with Crippen LogP contribution < -0.4 is 24.6 Å². The van der Waals surface area contributed by atoms with E-state index in [1.54, 1.807) is 7.11 Å². The van der Waals surface area contributed by atoms with Gasteiger partial charge in [-0.2, -0.15) is 0 Å². The van der Waals surface area contributed by atoms with Crippen LogP contribution in [0.3, 0.4) is 0 Å². The predicted octanol–water partition coefficient (Wildman–Crippen LogP) is 6.89. The molecule has 0 saturated heterocycles. The molecule has 5 nitrogen and oxygen atoms in total. The Morgan fingerprint density at radius 1 is 0.500 bits per heavy atom. The SMILES string of the molecule is CO[Si](C)(P)CCCN.CO[Si](C)(P)CCCN([Si](C)(C)C)[Si](C)(C)C.C[Si](C)(C)CCCN([Si](C)(C)C)[Si](C)(C)C.[Li+].[PH2-]. The Balaban J connectivity index is -0.000000176. The molecule has 44 heavy (non-hydrogen) atoms. The van der Waals surface area contributed by atoms with Crippen molar-refractivity contribution >= 4 is 84.5 Å². The molecule has 2 N–H and O–H groups in total. The van der Waals surface area contributed by atoms with E-state index in [1.807, 2.05) is 7.11 Å². The van der Waals surface area contributed by atoms with Gasteiger partial charge in [-0.1, -0.05) is 104 Å². The zero-order valence-corrected chi connectivity index (χ0v) is 44.3. The zero-order valence-electron chi connectivity index (χ0n) is 33.9. The molecule has 0 heterocycles. The number of rotatable bonds is 17. The van der Waals surface area contributed by atoms with Crippen LogP contribution in [-0.2, 0) is 8.85 Å². The first-order chi connectivity index (χ1) is 18.4. The van der Waals surface area contributed by atoms with Crippen LogP contribution in [-0.4, -0.2) is 99.3 Å². The molecule has 0 aliphatic heterocycles. The first-order valence-corrected chi connectivity index (χ1v) is 42.6. The summed E-state index contributed by atoms with van der Waals surface area (Å²) in [6.45, 7) is 45.1. The van der Waals surface area contributed by atoms with E-state index in [1.165, 1.54) is 38.0 Å². The fourth-order valence-electron chi connectivity index (χ4n) is 5.37. The molecule has 0 aromatic carbocycles. The third kappa shape index (κ3) is 32.4. The standard InChI is InChI=1S/C12H33NSi3.C11H32NOPSi3.C5H16NOPSi.Li.H2P/c1-14(2,3)12-10-11-13(15(4,5)6)16(7,8)9;1-13-17(8,14)11-9-10-12(15(2,3)4)16(5,6)7;1-7-9(2,8)5-3-4-6;;/h10-12H2,1-9H3;9-11,14H2,1-8H3;3-6,8H2,1-2H3;;1H2/q;;;+1;-1. The van der Waals surface area contributed by atoms with Crippen LogP contribution in [0.5, 0.6) is 0 Å². The Labute approximate surface area is 306 Å². The van der Waals surface area contributed by atoms with Crippen molar-refractivity contribution in [2.45, 2.75) is 149 Å². The molecule has 0 amide bonds. The van der Waals surface area contributed by atoms with E-state index < -0.39 is 57.0 Å². The summed E-state index contributed by atoms with van der Waals surface area (Å²) in [5.41, 5.74) is 5.35. The minimum Gasteiger partial charge on any atom is -0.577 e. The molecule has 4 unspecified atom stereocenters. The van der Waals surface area contributed by atoms with Crippen LogP contribution in [0.4, 0.5) is 0 Å². The van der Waals surface area contributed by atoms with Gasteiger partial charge in [-0.15, -0.1) is 17.6 Å². The van der Waals surface area contributed by atoms with Gasteiger partial charge in [-0.05, 0) is 64.1 Å². The van der Waals surface area contributed by atoms with E-state index in [0.717, 1.165) is 19.0 Å². The molecule has 0 aliphatic carbocycles. The summed E-state index contributed by atoms with van der Waals surface area (Å²) in [5.74, 6) is 0. The number of hydrogen-bond acceptors (Lipinski definition) is 5. The normalized spacial score (nSPS) is 15.5. The van der Waals surface area contributed by atoms with Crippen LogP contribution in [0, 0.1) is 0 Å². The Kier molecular flexibility index (Phi) is 31.4. The quantitative estimate of drug-likeness (QED) is 0.129. The first-order valence-electron chi connectivity index (χ1n) is 16.3. The van der Waals surface area contributed by atoms with Crippen molar-refractivity contribution in [2.24, 2.45) is 5.73 Å². The fourth-order valence-corrected chi connectivity index (χ4v) is 29.4. The molecule has 0 saturated carbocycles. The first kappa shape index (κ1) is 56.6. The molecule has 0 rings (SSSR count). The van der Waals surface area contributed by atoms with Gasteiger partial charge in [-0.25, -0.2) is 0 Å². The number of nitrogens with zero attached hydrogens (tertiary/aromatic N) is 2. The van der Waals surface area contributed by atoms with Crippen LogP contribution in [0.15, 0.2) is 0 Å². The largest absolute Gasteiger partial charge is 1.00 e. The van der Waals surface area contributed by atoms with Gasteiger partial charge in [0.1, 0.15) is 32.9 Å². The minimum atomic E-state index is -1.44. The second-order valence-electron chi connectivity index (χ2n) is 17.7. The second-order valence-corrected chi connectivity index (χ2v) is 58.1. The maximum Gasteiger partial charge on any atom is 1.00 e. The van der Waals surface area contributed by atoms with E-state index in [-0.39, 0.29) is 28.8 Å². The van der Waals surface area contributed by atoms with Gasteiger partial charge in [0, 0.05) is 22.3 Å². The number of hydrogen-bond donors (Lipinski definition) is 1. The van der Waals surface area contributed by atoms with Gasteiger partial charge in [0.05, 0.1) is 0 Å². The average molecular weight is 790 g/mol. The average Bonchev–Trinajstić information content (AvgIpc) is 2.75. The van der Waals surface area contributed by atoms with E-state index in [9.17, 15) is 0 Å². The van der Waals surface area contributed by atoms with Crippen molar-refractivity contribution in [1.29, 1.82) is 0 Å². The third-order valence-electron chi connectivity index (χ3n) is 7.41. The summed E-state index contributed by atoms with van der Waals surface area (Å²) >= 11 is 0. The summed E-state index contributed by atoms with van der Waals surface area (Å²) < 4.78 is 16.7. The van der Waals surface area contributed by atoms with Gasteiger partial charge in [0.25, 0.3) is 0 Å².